The number of aromatic nitrogens is 3. The molecule has 154 valence electrons. The highest BCUT2D eigenvalue weighted by molar-refractivity contribution is 7.99. The number of carbonyl (C=O) groups excluding carboxylic acids is 1. The Bertz CT molecular complexity index is 910. The van der Waals surface area contributed by atoms with Crippen molar-refractivity contribution in [2.75, 3.05) is 18.9 Å². The van der Waals surface area contributed by atoms with Gasteiger partial charge in [0.15, 0.2) is 0 Å². The third kappa shape index (κ3) is 5.05. The van der Waals surface area contributed by atoms with Gasteiger partial charge in [0.1, 0.15) is 5.03 Å². The summed E-state index contributed by atoms with van der Waals surface area (Å²) in [6.45, 7) is 1.84. The highest BCUT2D eigenvalue weighted by atomic mass is 32.2. The quantitative estimate of drug-likeness (QED) is 0.551. The van der Waals surface area contributed by atoms with Crippen LogP contribution >= 0.6 is 11.8 Å². The fourth-order valence-corrected chi connectivity index (χ4v) is 4.83. The van der Waals surface area contributed by atoms with Crippen molar-refractivity contribution in [1.82, 2.24) is 19.9 Å². The monoisotopic (exact) mass is 414 g/mol. The molecule has 2 aromatic rings. The number of thioether (sulfide) groups is 1. The van der Waals surface area contributed by atoms with Crippen LogP contribution in [0.5, 0.6) is 0 Å². The number of rotatable bonds is 7. The van der Waals surface area contributed by atoms with E-state index < -0.39 is 0 Å². The van der Waals surface area contributed by atoms with Crippen LogP contribution in [0.1, 0.15) is 42.5 Å². The number of nitrogens with zero attached hydrogens (tertiary/aromatic N) is 3. The summed E-state index contributed by atoms with van der Waals surface area (Å²) in [6, 6.07) is 3.84. The average Bonchev–Trinajstić information content (AvgIpc) is 3.27. The maximum atomic E-state index is 12.8. The number of ether oxygens (including phenoxy) is 1. The molecule has 1 saturated heterocycles. The average molecular weight is 415 g/mol. The second-order valence-electron chi connectivity index (χ2n) is 7.50. The smallest absolute Gasteiger partial charge is 0.349 e. The van der Waals surface area contributed by atoms with Gasteiger partial charge in [-0.15, -0.1) is 0 Å². The minimum Gasteiger partial charge on any atom is -0.376 e. The summed E-state index contributed by atoms with van der Waals surface area (Å²) in [6.07, 6.45) is 9.58. The second kappa shape index (κ2) is 9.54. The Morgan fingerprint density at radius 2 is 2.07 bits per heavy atom. The van der Waals surface area contributed by atoms with E-state index in [2.05, 4.69) is 15.3 Å². The van der Waals surface area contributed by atoms with Crippen LogP contribution in [0.25, 0.3) is 0 Å². The topological polar surface area (TPSA) is 86.1 Å². The summed E-state index contributed by atoms with van der Waals surface area (Å²) in [4.78, 5) is 33.4. The number of pyridine rings is 1. The Hall–Kier alpha value is -2.19. The largest absolute Gasteiger partial charge is 0.376 e. The lowest BCUT2D eigenvalue weighted by molar-refractivity contribution is -0.119. The lowest BCUT2D eigenvalue weighted by atomic mass is 9.97. The van der Waals surface area contributed by atoms with Crippen molar-refractivity contribution in [3.63, 3.8) is 0 Å². The summed E-state index contributed by atoms with van der Waals surface area (Å²) in [5, 5.41) is 3.64. The van der Waals surface area contributed by atoms with E-state index in [-0.39, 0.29) is 23.5 Å². The van der Waals surface area contributed by atoms with Crippen LogP contribution < -0.4 is 11.0 Å². The lowest BCUT2D eigenvalue weighted by Gasteiger charge is -2.22. The van der Waals surface area contributed by atoms with E-state index in [4.69, 9.17) is 4.74 Å². The Kier molecular flexibility index (Phi) is 6.61. The second-order valence-corrected chi connectivity index (χ2v) is 8.47. The SMILES string of the molecule is O=C(CSc1nc(=O)n(Cc2ccncc2)c2c1CCCC2)NCC1CCCO1. The number of hydrogen-bond donors (Lipinski definition) is 1. The van der Waals surface area contributed by atoms with Gasteiger partial charge in [0.25, 0.3) is 0 Å². The fourth-order valence-electron chi connectivity index (χ4n) is 3.92. The minimum atomic E-state index is -0.246. The maximum absolute atomic E-state index is 12.8. The molecule has 0 spiro atoms. The number of fused-ring (bicyclic) bond motifs is 1. The number of carbonyl (C=O) groups is 1. The molecule has 1 fully saturated rings. The van der Waals surface area contributed by atoms with Crippen molar-refractivity contribution in [2.45, 2.75) is 56.2 Å². The molecule has 1 atom stereocenters. The molecule has 7 nitrogen and oxygen atoms in total. The van der Waals surface area contributed by atoms with Crippen LogP contribution in [0.4, 0.5) is 0 Å². The zero-order valence-corrected chi connectivity index (χ0v) is 17.2. The van der Waals surface area contributed by atoms with E-state index >= 15 is 0 Å². The normalized spacial score (nSPS) is 18.4. The molecule has 2 aliphatic rings. The molecular formula is C21H26N4O3S. The van der Waals surface area contributed by atoms with Crippen LogP contribution in [0.15, 0.2) is 34.3 Å². The molecule has 3 heterocycles. The zero-order chi connectivity index (χ0) is 20.1. The lowest BCUT2D eigenvalue weighted by Crippen LogP contribution is -2.33. The highest BCUT2D eigenvalue weighted by Crippen LogP contribution is 2.28. The highest BCUT2D eigenvalue weighted by Gasteiger charge is 2.22. The molecule has 0 radical (unpaired) electrons. The van der Waals surface area contributed by atoms with Crippen molar-refractivity contribution in [1.29, 1.82) is 0 Å². The van der Waals surface area contributed by atoms with Gasteiger partial charge in [-0.1, -0.05) is 11.8 Å². The van der Waals surface area contributed by atoms with E-state index in [0.717, 1.165) is 62.0 Å². The molecular weight excluding hydrogens is 388 g/mol. The summed E-state index contributed by atoms with van der Waals surface area (Å²) < 4.78 is 7.32. The van der Waals surface area contributed by atoms with Gasteiger partial charge in [-0.3, -0.25) is 14.3 Å². The Morgan fingerprint density at radius 3 is 2.86 bits per heavy atom. The van der Waals surface area contributed by atoms with Gasteiger partial charge < -0.3 is 10.1 Å². The number of amides is 1. The minimum absolute atomic E-state index is 0.0437. The number of hydrogen-bond acceptors (Lipinski definition) is 6. The molecule has 1 unspecified atom stereocenters. The first-order valence-electron chi connectivity index (χ1n) is 10.2. The summed E-state index contributed by atoms with van der Waals surface area (Å²) in [5.41, 5.74) is 2.98. The van der Waals surface area contributed by atoms with E-state index in [0.29, 0.717) is 18.1 Å². The fraction of sp³-hybridized carbons (Fsp3) is 0.524. The van der Waals surface area contributed by atoms with E-state index in [9.17, 15) is 9.59 Å². The Balaban J connectivity index is 1.46. The van der Waals surface area contributed by atoms with Crippen molar-refractivity contribution in [2.24, 2.45) is 0 Å². The van der Waals surface area contributed by atoms with Gasteiger partial charge in [0.05, 0.1) is 18.4 Å². The first kappa shape index (κ1) is 20.1. The molecule has 0 saturated carbocycles. The van der Waals surface area contributed by atoms with Crippen molar-refractivity contribution in [3.05, 3.63) is 51.8 Å². The number of nitrogens with one attached hydrogen (secondary N) is 1. The summed E-state index contributed by atoms with van der Waals surface area (Å²) in [7, 11) is 0. The first-order chi connectivity index (χ1) is 14.2. The van der Waals surface area contributed by atoms with Crippen LogP contribution in [-0.4, -0.2) is 45.5 Å². The molecule has 0 bridgehead atoms. The van der Waals surface area contributed by atoms with E-state index in [1.807, 2.05) is 12.1 Å². The van der Waals surface area contributed by atoms with Gasteiger partial charge in [0, 0.05) is 36.8 Å². The van der Waals surface area contributed by atoms with Gasteiger partial charge in [-0.05, 0) is 56.2 Å². The molecule has 1 amide bonds. The molecule has 29 heavy (non-hydrogen) atoms. The van der Waals surface area contributed by atoms with Crippen LogP contribution in [-0.2, 0) is 28.9 Å². The molecule has 1 N–H and O–H groups in total. The molecule has 2 aromatic heterocycles. The Labute approximate surface area is 174 Å². The zero-order valence-electron chi connectivity index (χ0n) is 16.4. The molecule has 1 aliphatic heterocycles. The van der Waals surface area contributed by atoms with Crippen LogP contribution in [0, 0.1) is 0 Å². The summed E-state index contributed by atoms with van der Waals surface area (Å²) in [5.74, 6) is 0.220. The standard InChI is InChI=1S/C21H26N4O3S/c26-19(23-12-16-4-3-11-28-16)14-29-20-17-5-1-2-6-18(17)25(21(27)24-20)13-15-7-9-22-10-8-15/h7-10,16H,1-6,11-14H2,(H,23,26). The van der Waals surface area contributed by atoms with Gasteiger partial charge >= 0.3 is 5.69 Å². The van der Waals surface area contributed by atoms with Gasteiger partial charge in [-0.25, -0.2) is 4.79 Å². The Morgan fingerprint density at radius 1 is 1.24 bits per heavy atom. The predicted molar refractivity (Wildman–Crippen MR) is 111 cm³/mol. The van der Waals surface area contributed by atoms with E-state index in [1.165, 1.54) is 11.8 Å². The van der Waals surface area contributed by atoms with Crippen molar-refractivity contribution >= 4 is 17.7 Å². The van der Waals surface area contributed by atoms with E-state index in [1.54, 1.807) is 17.0 Å². The maximum Gasteiger partial charge on any atom is 0.349 e. The van der Waals surface area contributed by atoms with Crippen molar-refractivity contribution in [3.8, 4) is 0 Å². The molecule has 8 heteroatoms. The van der Waals surface area contributed by atoms with Gasteiger partial charge in [-0.2, -0.15) is 4.98 Å². The van der Waals surface area contributed by atoms with Crippen molar-refractivity contribution < 1.29 is 9.53 Å². The predicted octanol–water partition coefficient (Wildman–Crippen LogP) is 1.95. The van der Waals surface area contributed by atoms with Gasteiger partial charge in [0.2, 0.25) is 5.91 Å². The van der Waals surface area contributed by atoms with Crippen LogP contribution in [0.2, 0.25) is 0 Å². The first-order valence-corrected chi connectivity index (χ1v) is 11.2. The molecule has 0 aromatic carbocycles. The third-order valence-electron chi connectivity index (χ3n) is 5.43. The molecule has 4 rings (SSSR count). The third-order valence-corrected chi connectivity index (χ3v) is 6.45. The molecule has 1 aliphatic carbocycles. The van der Waals surface area contributed by atoms with Crippen LogP contribution in [0.3, 0.4) is 0 Å². The summed E-state index contributed by atoms with van der Waals surface area (Å²) >= 11 is 1.37.